The summed E-state index contributed by atoms with van der Waals surface area (Å²) in [4.78, 5) is 4.46. The van der Waals surface area contributed by atoms with Crippen molar-refractivity contribution in [2.45, 2.75) is 0 Å². The van der Waals surface area contributed by atoms with Crippen LogP contribution in [-0.4, -0.2) is 6.21 Å². The summed E-state index contributed by atoms with van der Waals surface area (Å²) in [5.41, 5.74) is 4.45. The Morgan fingerprint density at radius 2 is 1.00 bits per heavy atom. The topological polar surface area (TPSA) is 12.4 Å². The van der Waals surface area contributed by atoms with Crippen LogP contribution in [0.15, 0.2) is 89.9 Å². The van der Waals surface area contributed by atoms with Crippen LogP contribution in [0.25, 0.3) is 12.2 Å². The minimum absolute atomic E-state index is 0.968. The van der Waals surface area contributed by atoms with E-state index in [-0.39, 0.29) is 0 Å². The molecule has 106 valence electrons. The van der Waals surface area contributed by atoms with Crippen LogP contribution in [0.3, 0.4) is 0 Å². The summed E-state index contributed by atoms with van der Waals surface area (Å²) in [6, 6.07) is 28.6. The first-order valence-corrected chi connectivity index (χ1v) is 7.32. The predicted octanol–water partition coefficient (Wildman–Crippen LogP) is 5.61. The van der Waals surface area contributed by atoms with Gasteiger partial charge in [0.1, 0.15) is 0 Å². The predicted molar refractivity (Wildman–Crippen MR) is 95.5 cm³/mol. The van der Waals surface area contributed by atoms with Crippen molar-refractivity contribution in [2.75, 3.05) is 0 Å². The van der Waals surface area contributed by atoms with Crippen LogP contribution >= 0.6 is 0 Å². The molecule has 0 saturated heterocycles. The molecule has 0 spiro atoms. The van der Waals surface area contributed by atoms with Gasteiger partial charge >= 0.3 is 0 Å². The highest BCUT2D eigenvalue weighted by molar-refractivity contribution is 5.82. The minimum atomic E-state index is 0.968. The zero-order valence-corrected chi connectivity index (χ0v) is 12.3. The molecule has 0 amide bonds. The molecule has 1 nitrogen and oxygen atoms in total. The Hall–Kier alpha value is -2.93. The second-order valence-electron chi connectivity index (χ2n) is 5.00. The molecule has 0 fully saturated rings. The Balaban J connectivity index is 1.68. The minimum Gasteiger partial charge on any atom is -0.256 e. The van der Waals surface area contributed by atoms with Gasteiger partial charge < -0.3 is 0 Å². The Morgan fingerprint density at radius 1 is 0.500 bits per heavy atom. The molecule has 0 saturated carbocycles. The van der Waals surface area contributed by atoms with E-state index >= 15 is 0 Å². The van der Waals surface area contributed by atoms with Crippen LogP contribution in [0.5, 0.6) is 0 Å². The first-order chi connectivity index (χ1) is 10.9. The van der Waals surface area contributed by atoms with Crippen molar-refractivity contribution in [1.29, 1.82) is 0 Å². The van der Waals surface area contributed by atoms with E-state index in [1.807, 2.05) is 54.7 Å². The Bertz CT molecular complexity index is 686. The molecule has 1 heteroatoms. The van der Waals surface area contributed by atoms with Gasteiger partial charge in [-0.25, -0.2) is 0 Å². The molecule has 0 aliphatic heterocycles. The third kappa shape index (κ3) is 4.03. The summed E-state index contributed by atoms with van der Waals surface area (Å²) < 4.78 is 0. The van der Waals surface area contributed by atoms with Gasteiger partial charge in [0.2, 0.25) is 0 Å². The molecular weight excluding hydrogens is 266 g/mol. The monoisotopic (exact) mass is 283 g/mol. The first-order valence-electron chi connectivity index (χ1n) is 7.32. The lowest BCUT2D eigenvalue weighted by molar-refractivity contribution is 1.52. The number of aliphatic imine (C=N–C) groups is 1. The fraction of sp³-hybridized carbons (Fsp3) is 0. The number of nitrogens with zero attached hydrogens (tertiary/aromatic N) is 1. The average molecular weight is 283 g/mol. The van der Waals surface area contributed by atoms with Gasteiger partial charge in [0, 0.05) is 6.21 Å². The molecule has 0 aliphatic rings. The van der Waals surface area contributed by atoms with Crippen molar-refractivity contribution in [3.05, 3.63) is 102 Å². The molecule has 0 atom stereocenters. The maximum absolute atomic E-state index is 4.46. The molecule has 0 heterocycles. The molecule has 0 unspecified atom stereocenters. The fourth-order valence-corrected chi connectivity index (χ4v) is 2.11. The van der Waals surface area contributed by atoms with Crippen molar-refractivity contribution >= 4 is 24.1 Å². The maximum atomic E-state index is 4.46. The smallest absolute Gasteiger partial charge is 0.0629 e. The number of benzene rings is 3. The van der Waals surface area contributed by atoms with Gasteiger partial charge in [-0.2, -0.15) is 0 Å². The van der Waals surface area contributed by atoms with Crippen LogP contribution in [0, 0.1) is 0 Å². The van der Waals surface area contributed by atoms with Crippen LogP contribution in [0.4, 0.5) is 5.69 Å². The van der Waals surface area contributed by atoms with Crippen LogP contribution in [0.1, 0.15) is 16.7 Å². The number of rotatable bonds is 4. The van der Waals surface area contributed by atoms with Gasteiger partial charge in [-0.1, -0.05) is 84.9 Å². The zero-order chi connectivity index (χ0) is 15.0. The SMILES string of the molecule is C(=Nc1ccccc1)c1ccc(/C=C/c2ccccc2)cc1. The average Bonchev–Trinajstić information content (AvgIpc) is 2.61. The summed E-state index contributed by atoms with van der Waals surface area (Å²) in [7, 11) is 0. The summed E-state index contributed by atoms with van der Waals surface area (Å²) >= 11 is 0. The van der Waals surface area contributed by atoms with Gasteiger partial charge in [-0.3, -0.25) is 4.99 Å². The zero-order valence-electron chi connectivity index (χ0n) is 12.3. The van der Waals surface area contributed by atoms with Crippen molar-refractivity contribution in [2.24, 2.45) is 4.99 Å². The maximum Gasteiger partial charge on any atom is 0.0629 e. The van der Waals surface area contributed by atoms with Crippen LogP contribution < -0.4 is 0 Å². The number of para-hydroxylation sites is 1. The van der Waals surface area contributed by atoms with E-state index in [9.17, 15) is 0 Å². The number of hydrogen-bond donors (Lipinski definition) is 0. The van der Waals surface area contributed by atoms with Crippen molar-refractivity contribution < 1.29 is 0 Å². The molecule has 3 aromatic carbocycles. The lowest BCUT2D eigenvalue weighted by Crippen LogP contribution is -1.80. The standard InChI is InChI=1S/C21H17N/c1-3-7-18(8-4-1)11-12-19-13-15-20(16-14-19)17-22-21-9-5-2-6-10-21/h1-17H/b12-11+,22-17?. The third-order valence-corrected chi connectivity index (χ3v) is 3.32. The van der Waals surface area contributed by atoms with Crippen molar-refractivity contribution in [3.8, 4) is 0 Å². The molecule has 0 radical (unpaired) electrons. The second-order valence-corrected chi connectivity index (χ2v) is 5.00. The highest BCUT2D eigenvalue weighted by Gasteiger charge is 1.91. The molecule has 0 aliphatic carbocycles. The quantitative estimate of drug-likeness (QED) is 0.436. The van der Waals surface area contributed by atoms with E-state index in [4.69, 9.17) is 0 Å². The third-order valence-electron chi connectivity index (χ3n) is 3.32. The molecule has 0 aromatic heterocycles. The van der Waals surface area contributed by atoms with E-state index in [0.29, 0.717) is 0 Å². The fourth-order valence-electron chi connectivity index (χ4n) is 2.11. The van der Waals surface area contributed by atoms with Crippen LogP contribution in [-0.2, 0) is 0 Å². The van der Waals surface area contributed by atoms with Gasteiger partial charge in [-0.15, -0.1) is 0 Å². The van der Waals surface area contributed by atoms with E-state index < -0.39 is 0 Å². The van der Waals surface area contributed by atoms with Crippen molar-refractivity contribution in [3.63, 3.8) is 0 Å². The summed E-state index contributed by atoms with van der Waals surface area (Å²) in [6.45, 7) is 0. The molecular formula is C21H17N. The molecule has 3 rings (SSSR count). The lowest BCUT2D eigenvalue weighted by atomic mass is 10.1. The highest BCUT2D eigenvalue weighted by Crippen LogP contribution is 2.12. The van der Waals surface area contributed by atoms with Gasteiger partial charge in [-0.05, 0) is 28.8 Å². The lowest BCUT2D eigenvalue weighted by Gasteiger charge is -1.97. The van der Waals surface area contributed by atoms with Crippen molar-refractivity contribution in [1.82, 2.24) is 0 Å². The van der Waals surface area contributed by atoms with E-state index in [2.05, 4.69) is 53.5 Å². The Kier molecular flexibility index (Phi) is 4.58. The van der Waals surface area contributed by atoms with E-state index in [1.165, 1.54) is 11.1 Å². The molecule has 0 bridgehead atoms. The van der Waals surface area contributed by atoms with Gasteiger partial charge in [0.15, 0.2) is 0 Å². The molecule has 22 heavy (non-hydrogen) atoms. The summed E-state index contributed by atoms with van der Waals surface area (Å²) in [5.74, 6) is 0. The summed E-state index contributed by atoms with van der Waals surface area (Å²) in [5, 5.41) is 0. The summed E-state index contributed by atoms with van der Waals surface area (Å²) in [6.07, 6.45) is 6.13. The highest BCUT2D eigenvalue weighted by atomic mass is 14.7. The Morgan fingerprint density at radius 3 is 1.64 bits per heavy atom. The second kappa shape index (κ2) is 7.19. The Labute approximate surface area is 131 Å². The van der Waals surface area contributed by atoms with E-state index in [0.717, 1.165) is 11.3 Å². The largest absolute Gasteiger partial charge is 0.256 e. The normalized spacial score (nSPS) is 11.3. The first kappa shape index (κ1) is 14.0. The van der Waals surface area contributed by atoms with Crippen LogP contribution in [0.2, 0.25) is 0 Å². The van der Waals surface area contributed by atoms with E-state index in [1.54, 1.807) is 0 Å². The van der Waals surface area contributed by atoms with Gasteiger partial charge in [0.05, 0.1) is 5.69 Å². The van der Waals surface area contributed by atoms with Gasteiger partial charge in [0.25, 0.3) is 0 Å². The molecule has 0 N–H and O–H groups in total. The molecule has 3 aromatic rings. The number of hydrogen-bond acceptors (Lipinski definition) is 1.